The van der Waals surface area contributed by atoms with Gasteiger partial charge >= 0.3 is 0 Å². The maximum Gasteiger partial charge on any atom is 0.244 e. The molecular weight excluding hydrogens is 266 g/mol. The fourth-order valence-corrected chi connectivity index (χ4v) is 3.18. The Morgan fingerprint density at radius 3 is 2.95 bits per heavy atom. The molecule has 0 saturated carbocycles. The van der Waals surface area contributed by atoms with E-state index in [9.17, 15) is 0 Å². The second kappa shape index (κ2) is 4.93. The van der Waals surface area contributed by atoms with Crippen molar-refractivity contribution in [2.24, 2.45) is 0 Å². The van der Waals surface area contributed by atoms with Gasteiger partial charge in [0.2, 0.25) is 11.7 Å². The molecule has 2 aliphatic rings. The Morgan fingerprint density at radius 2 is 2.14 bits per heavy atom. The van der Waals surface area contributed by atoms with E-state index in [0.29, 0.717) is 11.7 Å². The van der Waals surface area contributed by atoms with Gasteiger partial charge in [-0.05, 0) is 37.3 Å². The van der Waals surface area contributed by atoms with Crippen molar-refractivity contribution < 1.29 is 9.26 Å². The van der Waals surface area contributed by atoms with Crippen LogP contribution in [0.25, 0.3) is 0 Å². The van der Waals surface area contributed by atoms with E-state index in [1.807, 2.05) is 6.92 Å². The average Bonchev–Trinajstić information content (AvgIpc) is 3.17. The summed E-state index contributed by atoms with van der Waals surface area (Å²) >= 11 is 0. The van der Waals surface area contributed by atoms with Crippen molar-refractivity contribution in [1.29, 1.82) is 0 Å². The van der Waals surface area contributed by atoms with E-state index < -0.39 is 0 Å². The number of hydrogen-bond donors (Lipinski definition) is 1. The quantitative estimate of drug-likeness (QED) is 0.918. The van der Waals surface area contributed by atoms with Crippen molar-refractivity contribution in [1.82, 2.24) is 15.5 Å². The molecule has 2 aromatic rings. The second-order valence-corrected chi connectivity index (χ2v) is 6.05. The highest BCUT2D eigenvalue weighted by Gasteiger charge is 2.37. The molecule has 5 heteroatoms. The summed E-state index contributed by atoms with van der Waals surface area (Å²) in [6.45, 7) is 3.65. The van der Waals surface area contributed by atoms with Crippen LogP contribution in [-0.4, -0.2) is 16.7 Å². The van der Waals surface area contributed by atoms with E-state index in [1.54, 1.807) is 0 Å². The van der Waals surface area contributed by atoms with Crippen LogP contribution in [-0.2, 0) is 23.3 Å². The van der Waals surface area contributed by atoms with Crippen LogP contribution in [0, 0.1) is 0 Å². The number of nitrogens with zero attached hydrogens (tertiary/aromatic N) is 2. The zero-order valence-corrected chi connectivity index (χ0v) is 12.1. The number of aromatic nitrogens is 2. The molecule has 0 radical (unpaired) electrons. The molecule has 1 aromatic carbocycles. The first kappa shape index (κ1) is 13.0. The molecule has 4 rings (SSSR count). The van der Waals surface area contributed by atoms with Crippen LogP contribution >= 0.6 is 0 Å². The van der Waals surface area contributed by atoms with Crippen molar-refractivity contribution in [3.05, 3.63) is 47.1 Å². The summed E-state index contributed by atoms with van der Waals surface area (Å²) in [6.07, 6.45) is 2.89. The standard InChI is InChI=1S/C16H19N3O2/c1-16(7-4-8-20-16)15-18-14(21-19-15)13-9-11-5-2-3-6-12(11)10-17-13/h2-3,5-6,13,17H,4,7-10H2,1H3. The average molecular weight is 285 g/mol. The predicted molar refractivity (Wildman–Crippen MR) is 76.6 cm³/mol. The van der Waals surface area contributed by atoms with Crippen LogP contribution in [0.2, 0.25) is 0 Å². The molecule has 110 valence electrons. The highest BCUT2D eigenvalue weighted by Crippen LogP contribution is 2.34. The fourth-order valence-electron chi connectivity index (χ4n) is 3.18. The second-order valence-electron chi connectivity index (χ2n) is 6.05. The lowest BCUT2D eigenvalue weighted by atomic mass is 9.96. The Morgan fingerprint density at radius 1 is 1.29 bits per heavy atom. The first-order valence-electron chi connectivity index (χ1n) is 7.53. The van der Waals surface area contributed by atoms with Crippen molar-refractivity contribution in [2.75, 3.05) is 6.61 Å². The third-order valence-corrected chi connectivity index (χ3v) is 4.51. The van der Waals surface area contributed by atoms with Crippen molar-refractivity contribution >= 4 is 0 Å². The van der Waals surface area contributed by atoms with E-state index >= 15 is 0 Å². The summed E-state index contributed by atoms with van der Waals surface area (Å²) in [7, 11) is 0. The molecule has 21 heavy (non-hydrogen) atoms. The smallest absolute Gasteiger partial charge is 0.244 e. The molecule has 0 bridgehead atoms. The first-order chi connectivity index (χ1) is 10.2. The summed E-state index contributed by atoms with van der Waals surface area (Å²) in [5, 5.41) is 7.62. The van der Waals surface area contributed by atoms with Gasteiger partial charge in [-0.1, -0.05) is 29.4 Å². The van der Waals surface area contributed by atoms with Gasteiger partial charge in [0, 0.05) is 13.2 Å². The van der Waals surface area contributed by atoms with E-state index in [2.05, 4.69) is 39.7 Å². The number of nitrogens with one attached hydrogen (secondary N) is 1. The van der Waals surface area contributed by atoms with Gasteiger partial charge in [0.25, 0.3) is 0 Å². The Hall–Kier alpha value is -1.72. The lowest BCUT2D eigenvalue weighted by molar-refractivity contribution is 0.00768. The van der Waals surface area contributed by atoms with Gasteiger partial charge in [-0.2, -0.15) is 4.98 Å². The first-order valence-corrected chi connectivity index (χ1v) is 7.53. The Balaban J connectivity index is 1.57. The van der Waals surface area contributed by atoms with Crippen LogP contribution in [0.5, 0.6) is 0 Å². The maximum atomic E-state index is 5.78. The number of rotatable bonds is 2. The van der Waals surface area contributed by atoms with E-state index in [0.717, 1.165) is 32.4 Å². The maximum absolute atomic E-state index is 5.78. The Kier molecular flexibility index (Phi) is 3.05. The van der Waals surface area contributed by atoms with Gasteiger partial charge in [0.15, 0.2) is 0 Å². The molecule has 2 aliphatic heterocycles. The summed E-state index contributed by atoms with van der Waals surface area (Å²) in [5.74, 6) is 1.34. The van der Waals surface area contributed by atoms with Crippen molar-refractivity contribution in [2.45, 2.75) is 44.4 Å². The normalized spacial score (nSPS) is 28.5. The number of ether oxygens (including phenoxy) is 1. The largest absolute Gasteiger partial charge is 0.367 e. The van der Waals surface area contributed by atoms with Crippen LogP contribution in [0.1, 0.15) is 48.6 Å². The molecule has 0 spiro atoms. The summed E-state index contributed by atoms with van der Waals surface area (Å²) in [6, 6.07) is 8.57. The van der Waals surface area contributed by atoms with E-state index in [1.165, 1.54) is 11.1 Å². The van der Waals surface area contributed by atoms with Gasteiger partial charge in [-0.15, -0.1) is 0 Å². The SMILES string of the molecule is CC1(c2noc(C3Cc4ccccc4CN3)n2)CCCO1. The molecular formula is C16H19N3O2. The lowest BCUT2D eigenvalue weighted by Gasteiger charge is -2.23. The minimum atomic E-state index is -0.381. The molecule has 3 heterocycles. The van der Waals surface area contributed by atoms with Crippen LogP contribution < -0.4 is 5.32 Å². The van der Waals surface area contributed by atoms with Gasteiger partial charge in [0.05, 0.1) is 6.04 Å². The zero-order chi connectivity index (χ0) is 14.3. The molecule has 1 N–H and O–H groups in total. The minimum absolute atomic E-state index is 0.0890. The molecule has 5 nitrogen and oxygen atoms in total. The molecule has 0 amide bonds. The van der Waals surface area contributed by atoms with Gasteiger partial charge < -0.3 is 14.6 Å². The number of fused-ring (bicyclic) bond motifs is 1. The van der Waals surface area contributed by atoms with E-state index in [-0.39, 0.29) is 11.6 Å². The topological polar surface area (TPSA) is 60.2 Å². The number of benzene rings is 1. The summed E-state index contributed by atoms with van der Waals surface area (Å²) in [5.41, 5.74) is 2.32. The molecule has 1 aromatic heterocycles. The lowest BCUT2D eigenvalue weighted by Crippen LogP contribution is -2.29. The Labute approximate surface area is 123 Å². The highest BCUT2D eigenvalue weighted by atomic mass is 16.5. The highest BCUT2D eigenvalue weighted by molar-refractivity contribution is 5.30. The van der Waals surface area contributed by atoms with Crippen LogP contribution in [0.3, 0.4) is 0 Å². The molecule has 1 fully saturated rings. The third kappa shape index (κ3) is 2.26. The number of hydrogen-bond acceptors (Lipinski definition) is 5. The van der Waals surface area contributed by atoms with Crippen LogP contribution in [0.4, 0.5) is 0 Å². The third-order valence-electron chi connectivity index (χ3n) is 4.51. The van der Waals surface area contributed by atoms with E-state index in [4.69, 9.17) is 9.26 Å². The Bertz CT molecular complexity index is 646. The van der Waals surface area contributed by atoms with Crippen molar-refractivity contribution in [3.63, 3.8) is 0 Å². The molecule has 2 unspecified atom stereocenters. The fraction of sp³-hybridized carbons (Fsp3) is 0.500. The summed E-state index contributed by atoms with van der Waals surface area (Å²) < 4.78 is 11.3. The van der Waals surface area contributed by atoms with Crippen molar-refractivity contribution in [3.8, 4) is 0 Å². The zero-order valence-electron chi connectivity index (χ0n) is 12.1. The molecule has 0 aliphatic carbocycles. The monoisotopic (exact) mass is 285 g/mol. The summed E-state index contributed by atoms with van der Waals surface area (Å²) in [4.78, 5) is 4.60. The van der Waals surface area contributed by atoms with Crippen LogP contribution in [0.15, 0.2) is 28.8 Å². The van der Waals surface area contributed by atoms with Gasteiger partial charge in [-0.3, -0.25) is 0 Å². The molecule has 2 atom stereocenters. The van der Waals surface area contributed by atoms with Gasteiger partial charge in [0.1, 0.15) is 5.60 Å². The predicted octanol–water partition coefficient (Wildman–Crippen LogP) is 2.48. The molecule has 1 saturated heterocycles. The van der Waals surface area contributed by atoms with Gasteiger partial charge in [-0.25, -0.2) is 0 Å². The minimum Gasteiger partial charge on any atom is -0.367 e.